The molecule has 108 valence electrons. The van der Waals surface area contributed by atoms with Gasteiger partial charge >= 0.3 is 12.4 Å². The van der Waals surface area contributed by atoms with Crippen LogP contribution in [0.5, 0.6) is 0 Å². The molecule has 1 rings (SSSR count). The highest BCUT2D eigenvalue weighted by atomic mass is 35.5. The maximum atomic E-state index is 12.7. The zero-order valence-electron chi connectivity index (χ0n) is 9.52. The zero-order chi connectivity index (χ0) is 14.7. The SMILES string of the molecule is FC(F)(F)CN(CCCl)c1ccccc1C(F)(F)F. The van der Waals surface area contributed by atoms with E-state index in [9.17, 15) is 26.3 Å². The minimum atomic E-state index is -4.72. The van der Waals surface area contributed by atoms with Crippen molar-refractivity contribution in [2.45, 2.75) is 12.4 Å². The number of benzene rings is 1. The number of alkyl halides is 7. The Kier molecular flexibility index (Phi) is 4.95. The molecule has 8 heteroatoms. The number of para-hydroxylation sites is 1. The summed E-state index contributed by atoms with van der Waals surface area (Å²) in [5.74, 6) is -0.206. The van der Waals surface area contributed by atoms with Crippen molar-refractivity contribution in [3.8, 4) is 0 Å². The Hall–Kier alpha value is -1.11. The van der Waals surface area contributed by atoms with Gasteiger partial charge in [-0.2, -0.15) is 26.3 Å². The molecule has 0 amide bonds. The standard InChI is InChI=1S/C11H10ClF6N/c12-5-6-19(7-10(13,14)15)9-4-2-1-3-8(9)11(16,17)18/h1-4H,5-7H2. The second-order valence-corrected chi connectivity index (χ2v) is 4.12. The molecule has 0 heterocycles. The average Bonchev–Trinajstić information content (AvgIpc) is 2.25. The summed E-state index contributed by atoms with van der Waals surface area (Å²) in [5, 5.41) is 0. The topological polar surface area (TPSA) is 3.24 Å². The Labute approximate surface area is 110 Å². The first-order chi connectivity index (χ1) is 8.65. The lowest BCUT2D eigenvalue weighted by Gasteiger charge is -2.27. The van der Waals surface area contributed by atoms with Gasteiger partial charge in [-0.15, -0.1) is 11.6 Å². The van der Waals surface area contributed by atoms with E-state index >= 15 is 0 Å². The molecule has 0 fully saturated rings. The smallest absolute Gasteiger partial charge is 0.361 e. The summed E-state index contributed by atoms with van der Waals surface area (Å²) >= 11 is 5.35. The molecule has 0 aliphatic carbocycles. The first kappa shape index (κ1) is 15.9. The third-order valence-electron chi connectivity index (χ3n) is 2.27. The van der Waals surface area contributed by atoms with Crippen molar-refractivity contribution in [3.05, 3.63) is 29.8 Å². The Morgan fingerprint density at radius 1 is 1.00 bits per heavy atom. The first-order valence-corrected chi connectivity index (χ1v) is 5.72. The van der Waals surface area contributed by atoms with Crippen LogP contribution in [0.25, 0.3) is 0 Å². The summed E-state index contributed by atoms with van der Waals surface area (Å²) in [6.45, 7) is -1.80. The predicted octanol–water partition coefficient (Wildman–Crippen LogP) is 4.31. The Bertz CT molecular complexity index is 414. The summed E-state index contributed by atoms with van der Waals surface area (Å²) in [7, 11) is 0. The maximum absolute atomic E-state index is 12.7. The van der Waals surface area contributed by atoms with Crippen LogP contribution < -0.4 is 4.90 Å². The van der Waals surface area contributed by atoms with E-state index in [2.05, 4.69) is 0 Å². The average molecular weight is 306 g/mol. The molecule has 0 bridgehead atoms. The Morgan fingerprint density at radius 3 is 2.05 bits per heavy atom. The number of halogens is 7. The molecule has 0 aromatic heterocycles. The number of hydrogen-bond acceptors (Lipinski definition) is 1. The van der Waals surface area contributed by atoms with E-state index in [1.165, 1.54) is 6.07 Å². The molecule has 0 N–H and O–H groups in total. The van der Waals surface area contributed by atoms with Crippen molar-refractivity contribution in [1.82, 2.24) is 0 Å². The number of rotatable bonds is 4. The second kappa shape index (κ2) is 5.90. The van der Waals surface area contributed by atoms with Gasteiger partial charge in [0.2, 0.25) is 0 Å². The van der Waals surface area contributed by atoms with Gasteiger partial charge in [0.25, 0.3) is 0 Å². The minimum Gasteiger partial charge on any atom is -0.361 e. The van der Waals surface area contributed by atoms with Crippen LogP contribution in [0.4, 0.5) is 32.0 Å². The van der Waals surface area contributed by atoms with Crippen LogP contribution in [0, 0.1) is 0 Å². The van der Waals surface area contributed by atoms with E-state index in [0.29, 0.717) is 4.90 Å². The number of nitrogens with zero attached hydrogens (tertiary/aromatic N) is 1. The second-order valence-electron chi connectivity index (χ2n) is 3.74. The summed E-state index contributed by atoms with van der Waals surface area (Å²) in [5.41, 5.74) is -1.63. The van der Waals surface area contributed by atoms with E-state index < -0.39 is 30.1 Å². The molecular weight excluding hydrogens is 296 g/mol. The summed E-state index contributed by atoms with van der Waals surface area (Å²) in [6.07, 6.45) is -9.32. The highest BCUT2D eigenvalue weighted by Gasteiger charge is 2.37. The highest BCUT2D eigenvalue weighted by Crippen LogP contribution is 2.37. The summed E-state index contributed by atoms with van der Waals surface area (Å²) in [4.78, 5) is 0.579. The lowest BCUT2D eigenvalue weighted by atomic mass is 10.1. The third kappa shape index (κ3) is 4.81. The van der Waals surface area contributed by atoms with Crippen molar-refractivity contribution in [1.29, 1.82) is 0 Å². The molecule has 0 unspecified atom stereocenters. The Balaban J connectivity index is 3.16. The van der Waals surface area contributed by atoms with Crippen molar-refractivity contribution < 1.29 is 26.3 Å². The molecule has 0 saturated carbocycles. The van der Waals surface area contributed by atoms with Gasteiger partial charge in [0.05, 0.1) is 5.56 Å². The van der Waals surface area contributed by atoms with Crippen LogP contribution in [0.1, 0.15) is 5.56 Å². The number of hydrogen-bond donors (Lipinski definition) is 0. The van der Waals surface area contributed by atoms with Crippen LogP contribution in [0.2, 0.25) is 0 Å². The maximum Gasteiger partial charge on any atom is 0.418 e. The molecule has 1 aromatic rings. The van der Waals surface area contributed by atoms with Gasteiger partial charge in [0.1, 0.15) is 6.54 Å². The van der Waals surface area contributed by atoms with Gasteiger partial charge in [-0.3, -0.25) is 0 Å². The predicted molar refractivity (Wildman–Crippen MR) is 60.4 cm³/mol. The van der Waals surface area contributed by atoms with Crippen LogP contribution in [0.15, 0.2) is 24.3 Å². The first-order valence-electron chi connectivity index (χ1n) is 5.19. The van der Waals surface area contributed by atoms with Crippen LogP contribution in [-0.4, -0.2) is 25.1 Å². The van der Waals surface area contributed by atoms with Crippen LogP contribution in [-0.2, 0) is 6.18 Å². The molecule has 19 heavy (non-hydrogen) atoms. The molecule has 0 radical (unpaired) electrons. The molecule has 0 aliphatic heterocycles. The number of anilines is 1. The van der Waals surface area contributed by atoms with Crippen LogP contribution >= 0.6 is 11.6 Å². The molecule has 0 spiro atoms. The quantitative estimate of drug-likeness (QED) is 0.592. The summed E-state index contributed by atoms with van der Waals surface area (Å²) < 4.78 is 75.4. The molecular formula is C11H10ClF6N. The highest BCUT2D eigenvalue weighted by molar-refractivity contribution is 6.18. The lowest BCUT2D eigenvalue weighted by molar-refractivity contribution is -0.138. The normalized spacial score (nSPS) is 12.6. The lowest BCUT2D eigenvalue weighted by Crippen LogP contribution is -2.36. The molecule has 0 saturated heterocycles. The summed E-state index contributed by atoms with van der Waals surface area (Å²) in [6, 6.07) is 4.12. The van der Waals surface area contributed by atoms with Crippen molar-refractivity contribution in [2.24, 2.45) is 0 Å². The van der Waals surface area contributed by atoms with Crippen molar-refractivity contribution in [2.75, 3.05) is 23.9 Å². The van der Waals surface area contributed by atoms with E-state index in [1.54, 1.807) is 0 Å². The molecule has 1 aromatic carbocycles. The van der Waals surface area contributed by atoms with Gasteiger partial charge < -0.3 is 4.90 Å². The van der Waals surface area contributed by atoms with Gasteiger partial charge in [0.15, 0.2) is 0 Å². The van der Waals surface area contributed by atoms with E-state index in [0.717, 1.165) is 18.2 Å². The van der Waals surface area contributed by atoms with Gasteiger partial charge in [-0.1, -0.05) is 12.1 Å². The van der Waals surface area contributed by atoms with E-state index in [-0.39, 0.29) is 12.4 Å². The monoisotopic (exact) mass is 305 g/mol. The van der Waals surface area contributed by atoms with Crippen LogP contribution in [0.3, 0.4) is 0 Å². The zero-order valence-corrected chi connectivity index (χ0v) is 10.3. The fourth-order valence-electron chi connectivity index (χ4n) is 1.59. The van der Waals surface area contributed by atoms with Gasteiger partial charge in [-0.25, -0.2) is 0 Å². The van der Waals surface area contributed by atoms with Crippen molar-refractivity contribution in [3.63, 3.8) is 0 Å². The van der Waals surface area contributed by atoms with Gasteiger partial charge in [-0.05, 0) is 12.1 Å². The minimum absolute atomic E-state index is 0.206. The van der Waals surface area contributed by atoms with Crippen molar-refractivity contribution >= 4 is 17.3 Å². The Morgan fingerprint density at radius 2 is 1.58 bits per heavy atom. The van der Waals surface area contributed by atoms with E-state index in [1.807, 2.05) is 0 Å². The van der Waals surface area contributed by atoms with Gasteiger partial charge in [0, 0.05) is 18.1 Å². The molecule has 0 aliphatic rings. The third-order valence-corrected chi connectivity index (χ3v) is 2.44. The fourth-order valence-corrected chi connectivity index (χ4v) is 1.80. The molecule has 1 nitrogen and oxygen atoms in total. The largest absolute Gasteiger partial charge is 0.418 e. The van der Waals surface area contributed by atoms with E-state index in [4.69, 9.17) is 11.6 Å². The molecule has 0 atom stereocenters. The fraction of sp³-hybridized carbons (Fsp3) is 0.455.